The molecule has 2 aromatic carbocycles. The molecule has 5 nitrogen and oxygen atoms in total. The number of para-hydroxylation sites is 2. The van der Waals surface area contributed by atoms with E-state index in [4.69, 9.17) is 9.72 Å². The molecule has 1 N–H and O–H groups in total. The number of carbonyl (C=O) groups is 1. The van der Waals surface area contributed by atoms with E-state index in [1.54, 1.807) is 0 Å². The maximum Gasteiger partial charge on any atom is 0.220 e. The number of ether oxygens (including phenoxy) is 1. The van der Waals surface area contributed by atoms with Crippen molar-refractivity contribution in [2.75, 3.05) is 6.61 Å². The van der Waals surface area contributed by atoms with E-state index in [-0.39, 0.29) is 11.9 Å². The summed E-state index contributed by atoms with van der Waals surface area (Å²) < 4.78 is 8.16. The van der Waals surface area contributed by atoms with Crippen LogP contribution in [-0.4, -0.2) is 22.1 Å². The smallest absolute Gasteiger partial charge is 0.220 e. The summed E-state index contributed by atoms with van der Waals surface area (Å²) in [5.74, 6) is 1.92. The van der Waals surface area contributed by atoms with Gasteiger partial charge in [-0.2, -0.15) is 0 Å². The largest absolute Gasteiger partial charge is 0.494 e. The fourth-order valence-electron chi connectivity index (χ4n) is 3.63. The molecule has 160 valence electrons. The van der Waals surface area contributed by atoms with Crippen LogP contribution in [0, 0.1) is 13.8 Å². The van der Waals surface area contributed by atoms with Crippen LogP contribution >= 0.6 is 0 Å². The summed E-state index contributed by atoms with van der Waals surface area (Å²) in [6.07, 6.45) is 3.32. The van der Waals surface area contributed by atoms with Crippen molar-refractivity contribution in [3.63, 3.8) is 0 Å². The van der Waals surface area contributed by atoms with Crippen molar-refractivity contribution >= 4 is 16.9 Å². The third-order valence-electron chi connectivity index (χ3n) is 5.45. The van der Waals surface area contributed by atoms with Crippen molar-refractivity contribution in [1.82, 2.24) is 14.9 Å². The molecule has 1 atom stereocenters. The predicted molar refractivity (Wildman–Crippen MR) is 122 cm³/mol. The van der Waals surface area contributed by atoms with E-state index in [0.717, 1.165) is 48.4 Å². The number of amides is 1. The van der Waals surface area contributed by atoms with Gasteiger partial charge in [-0.1, -0.05) is 25.1 Å². The van der Waals surface area contributed by atoms with Crippen LogP contribution in [0.25, 0.3) is 11.0 Å². The molecular weight excluding hydrogens is 374 g/mol. The fraction of sp³-hybridized carbons (Fsp3) is 0.440. The van der Waals surface area contributed by atoms with Gasteiger partial charge in [-0.05, 0) is 75.4 Å². The molecule has 1 amide bonds. The minimum Gasteiger partial charge on any atom is -0.494 e. The molecule has 5 heteroatoms. The average Bonchev–Trinajstić information content (AvgIpc) is 3.09. The van der Waals surface area contributed by atoms with Gasteiger partial charge < -0.3 is 14.6 Å². The normalized spacial score (nSPS) is 12.1. The first-order valence-electron chi connectivity index (χ1n) is 10.9. The molecule has 0 aliphatic carbocycles. The van der Waals surface area contributed by atoms with Crippen LogP contribution in [-0.2, 0) is 11.3 Å². The first kappa shape index (κ1) is 21.9. The van der Waals surface area contributed by atoms with Crippen LogP contribution in [0.2, 0.25) is 0 Å². The Balaban J connectivity index is 1.62. The van der Waals surface area contributed by atoms with Gasteiger partial charge >= 0.3 is 0 Å². The fourth-order valence-corrected chi connectivity index (χ4v) is 3.63. The molecule has 0 saturated heterocycles. The highest BCUT2D eigenvalue weighted by atomic mass is 16.5. The van der Waals surface area contributed by atoms with E-state index >= 15 is 0 Å². The number of imidazole rings is 1. The summed E-state index contributed by atoms with van der Waals surface area (Å²) in [5.41, 5.74) is 4.61. The number of carbonyl (C=O) groups excluding carboxylic acids is 1. The van der Waals surface area contributed by atoms with Crippen LogP contribution < -0.4 is 10.1 Å². The highest BCUT2D eigenvalue weighted by Gasteiger charge is 2.17. The van der Waals surface area contributed by atoms with Crippen molar-refractivity contribution in [3.05, 3.63) is 59.4 Å². The van der Waals surface area contributed by atoms with Crippen LogP contribution in [0.15, 0.2) is 42.5 Å². The Kier molecular flexibility index (Phi) is 7.50. The van der Waals surface area contributed by atoms with Gasteiger partial charge in [0.2, 0.25) is 5.91 Å². The van der Waals surface area contributed by atoms with Crippen molar-refractivity contribution in [1.29, 1.82) is 0 Å². The molecular formula is C25H33N3O2. The van der Waals surface area contributed by atoms with Crippen LogP contribution in [0.3, 0.4) is 0 Å². The molecule has 0 aliphatic rings. The maximum atomic E-state index is 12.1. The predicted octanol–water partition coefficient (Wildman–Crippen LogP) is 5.49. The van der Waals surface area contributed by atoms with Crippen molar-refractivity contribution in [2.45, 2.75) is 66.0 Å². The molecule has 0 radical (unpaired) electrons. The number of hydrogen-bond acceptors (Lipinski definition) is 3. The molecule has 0 saturated carbocycles. The average molecular weight is 408 g/mol. The number of nitrogens with one attached hydrogen (secondary N) is 1. The van der Waals surface area contributed by atoms with Crippen LogP contribution in [0.5, 0.6) is 5.75 Å². The minimum atomic E-state index is -0.122. The van der Waals surface area contributed by atoms with Crippen LogP contribution in [0.4, 0.5) is 0 Å². The van der Waals surface area contributed by atoms with Gasteiger partial charge in [-0.25, -0.2) is 4.98 Å². The lowest BCUT2D eigenvalue weighted by Gasteiger charge is -2.16. The van der Waals surface area contributed by atoms with Gasteiger partial charge in [-0.3, -0.25) is 4.79 Å². The summed E-state index contributed by atoms with van der Waals surface area (Å²) in [6.45, 7) is 9.77. The van der Waals surface area contributed by atoms with Gasteiger partial charge in [0.05, 0.1) is 23.7 Å². The number of unbranched alkanes of at least 4 members (excludes halogenated alkanes) is 1. The monoisotopic (exact) mass is 407 g/mol. The maximum absolute atomic E-state index is 12.1. The first-order chi connectivity index (χ1) is 14.5. The molecule has 0 spiro atoms. The number of aryl methyl sites for hydroxylation is 3. The van der Waals surface area contributed by atoms with E-state index in [0.29, 0.717) is 13.0 Å². The summed E-state index contributed by atoms with van der Waals surface area (Å²) in [7, 11) is 0. The first-order valence-corrected chi connectivity index (χ1v) is 10.9. The van der Waals surface area contributed by atoms with E-state index in [1.807, 2.05) is 38.1 Å². The molecule has 0 aliphatic heterocycles. The summed E-state index contributed by atoms with van der Waals surface area (Å²) in [6, 6.07) is 14.3. The highest BCUT2D eigenvalue weighted by molar-refractivity contribution is 5.78. The van der Waals surface area contributed by atoms with Gasteiger partial charge in [0.25, 0.3) is 0 Å². The topological polar surface area (TPSA) is 56.2 Å². The second-order valence-corrected chi connectivity index (χ2v) is 7.95. The minimum absolute atomic E-state index is 0.0744. The summed E-state index contributed by atoms with van der Waals surface area (Å²) in [5, 5.41) is 3.08. The Hall–Kier alpha value is -2.82. The molecule has 1 unspecified atom stereocenters. The zero-order valence-corrected chi connectivity index (χ0v) is 18.6. The van der Waals surface area contributed by atoms with Crippen LogP contribution in [0.1, 0.15) is 62.5 Å². The Morgan fingerprint density at radius 1 is 1.13 bits per heavy atom. The molecule has 3 aromatic rings. The van der Waals surface area contributed by atoms with Gasteiger partial charge in [0.1, 0.15) is 11.6 Å². The molecule has 1 heterocycles. The quantitative estimate of drug-likeness (QED) is 0.452. The molecule has 0 fully saturated rings. The Labute approximate surface area is 179 Å². The Morgan fingerprint density at radius 3 is 2.70 bits per heavy atom. The number of hydrogen-bond donors (Lipinski definition) is 1. The van der Waals surface area contributed by atoms with E-state index in [1.165, 1.54) is 11.1 Å². The number of fused-ring (bicyclic) bond motifs is 1. The number of nitrogens with zero attached hydrogens (tertiary/aromatic N) is 2. The van der Waals surface area contributed by atoms with Gasteiger partial charge in [0, 0.05) is 13.0 Å². The van der Waals surface area contributed by atoms with Crippen molar-refractivity contribution < 1.29 is 9.53 Å². The van der Waals surface area contributed by atoms with Gasteiger partial charge in [-0.15, -0.1) is 0 Å². The lowest BCUT2D eigenvalue weighted by molar-refractivity contribution is -0.121. The standard InChI is InChI=1S/C25H33N3O2/c1-5-10-24(29)26-20(4)25-27-22-11-6-7-12-23(22)28(25)15-8-9-16-30-21-14-13-18(2)19(3)17-21/h6-7,11-14,17,20H,5,8-10,15-16H2,1-4H3,(H,26,29). The SMILES string of the molecule is CCCC(=O)NC(C)c1nc2ccccc2n1CCCCOc1ccc(C)c(C)c1. The Bertz CT molecular complexity index is 993. The third kappa shape index (κ3) is 5.41. The lowest BCUT2D eigenvalue weighted by atomic mass is 10.1. The zero-order chi connectivity index (χ0) is 21.5. The molecule has 30 heavy (non-hydrogen) atoms. The zero-order valence-electron chi connectivity index (χ0n) is 18.6. The second-order valence-electron chi connectivity index (χ2n) is 7.95. The van der Waals surface area contributed by atoms with E-state index in [9.17, 15) is 4.79 Å². The lowest BCUT2D eigenvalue weighted by Crippen LogP contribution is -2.28. The van der Waals surface area contributed by atoms with Crippen molar-refractivity contribution in [2.24, 2.45) is 0 Å². The highest BCUT2D eigenvalue weighted by Crippen LogP contribution is 2.22. The second kappa shape index (κ2) is 10.3. The molecule has 3 rings (SSSR count). The molecule has 0 bridgehead atoms. The van der Waals surface area contributed by atoms with Gasteiger partial charge in [0.15, 0.2) is 0 Å². The van der Waals surface area contributed by atoms with E-state index in [2.05, 4.69) is 41.9 Å². The number of benzene rings is 2. The third-order valence-corrected chi connectivity index (χ3v) is 5.45. The number of rotatable bonds is 10. The van der Waals surface area contributed by atoms with E-state index < -0.39 is 0 Å². The summed E-state index contributed by atoms with van der Waals surface area (Å²) >= 11 is 0. The Morgan fingerprint density at radius 2 is 1.93 bits per heavy atom. The number of aromatic nitrogens is 2. The van der Waals surface area contributed by atoms with Crippen molar-refractivity contribution in [3.8, 4) is 5.75 Å². The molecule has 1 aromatic heterocycles. The summed E-state index contributed by atoms with van der Waals surface area (Å²) in [4.78, 5) is 16.9.